The summed E-state index contributed by atoms with van der Waals surface area (Å²) in [6.07, 6.45) is 0. The number of rotatable bonds is 1. The summed E-state index contributed by atoms with van der Waals surface area (Å²) >= 11 is 0. The van der Waals surface area contributed by atoms with Crippen molar-refractivity contribution in [2.45, 2.75) is 6.92 Å². The summed E-state index contributed by atoms with van der Waals surface area (Å²) in [5.41, 5.74) is 1.58. The quantitative estimate of drug-likeness (QED) is 0.669. The molecule has 1 heterocycles. The first-order chi connectivity index (χ1) is 6.20. The van der Waals surface area contributed by atoms with E-state index in [1.165, 1.54) is 6.07 Å². The number of hydrogen-bond acceptors (Lipinski definition) is 2. The Kier molecular flexibility index (Phi) is 1.65. The Hall–Kier alpha value is -1.64. The summed E-state index contributed by atoms with van der Waals surface area (Å²) in [5.74, 6) is -0.391. The van der Waals surface area contributed by atoms with Gasteiger partial charge in [-0.2, -0.15) is 0 Å². The van der Waals surface area contributed by atoms with Crippen molar-refractivity contribution in [2.75, 3.05) is 0 Å². The van der Waals surface area contributed by atoms with Gasteiger partial charge in [0.2, 0.25) is 5.58 Å². The molecular formula is C10H8FNO. The van der Waals surface area contributed by atoms with Gasteiger partial charge in [-0.1, -0.05) is 17.8 Å². The van der Waals surface area contributed by atoms with E-state index in [2.05, 4.69) is 11.7 Å². The van der Waals surface area contributed by atoms with E-state index in [4.69, 9.17) is 4.52 Å². The molecule has 0 unspecified atom stereocenters. The number of aromatic nitrogens is 1. The Labute approximate surface area is 74.6 Å². The van der Waals surface area contributed by atoms with Crippen molar-refractivity contribution in [1.82, 2.24) is 5.16 Å². The van der Waals surface area contributed by atoms with Gasteiger partial charge in [-0.15, -0.1) is 0 Å². The normalized spacial score (nSPS) is 10.6. The fraction of sp³-hybridized carbons (Fsp3) is 0.100. The first kappa shape index (κ1) is 7.98. The molecule has 0 amide bonds. The lowest BCUT2D eigenvalue weighted by molar-refractivity contribution is 0.438. The molecule has 2 rings (SSSR count). The number of benzene rings is 1. The predicted molar refractivity (Wildman–Crippen MR) is 48.7 cm³/mol. The smallest absolute Gasteiger partial charge is 0.203 e. The van der Waals surface area contributed by atoms with Gasteiger partial charge in [0.15, 0.2) is 5.82 Å². The highest BCUT2D eigenvalue weighted by Crippen LogP contribution is 2.24. The van der Waals surface area contributed by atoms with Gasteiger partial charge in [0.25, 0.3) is 0 Å². The van der Waals surface area contributed by atoms with Crippen molar-refractivity contribution in [3.8, 4) is 0 Å². The zero-order valence-electron chi connectivity index (χ0n) is 7.17. The van der Waals surface area contributed by atoms with Crippen molar-refractivity contribution in [3.05, 3.63) is 36.3 Å². The van der Waals surface area contributed by atoms with E-state index < -0.39 is 5.82 Å². The van der Waals surface area contributed by atoms with Crippen LogP contribution in [0.3, 0.4) is 0 Å². The zero-order valence-corrected chi connectivity index (χ0v) is 7.17. The monoisotopic (exact) mass is 177 g/mol. The third-order valence-electron chi connectivity index (χ3n) is 1.85. The predicted octanol–water partition coefficient (Wildman–Crippen LogP) is 3.00. The lowest BCUT2D eigenvalue weighted by Crippen LogP contribution is -1.78. The maximum atomic E-state index is 13.1. The average Bonchev–Trinajstić information content (AvgIpc) is 2.48. The van der Waals surface area contributed by atoms with E-state index in [-0.39, 0.29) is 5.58 Å². The molecule has 0 saturated carbocycles. The molecule has 66 valence electrons. The van der Waals surface area contributed by atoms with Gasteiger partial charge in [0.1, 0.15) is 5.69 Å². The Bertz CT molecular complexity index is 473. The van der Waals surface area contributed by atoms with E-state index in [0.717, 1.165) is 5.57 Å². The molecule has 0 radical (unpaired) electrons. The van der Waals surface area contributed by atoms with Crippen LogP contribution in [0.25, 0.3) is 16.5 Å². The van der Waals surface area contributed by atoms with Crippen LogP contribution in [-0.4, -0.2) is 5.16 Å². The lowest BCUT2D eigenvalue weighted by Gasteiger charge is -1.91. The number of fused-ring (bicyclic) bond motifs is 1. The fourth-order valence-electron chi connectivity index (χ4n) is 1.24. The summed E-state index contributed by atoms with van der Waals surface area (Å²) in [4.78, 5) is 0. The summed E-state index contributed by atoms with van der Waals surface area (Å²) in [5, 5.41) is 4.41. The minimum Gasteiger partial charge on any atom is -0.353 e. The van der Waals surface area contributed by atoms with Crippen LogP contribution in [0.5, 0.6) is 0 Å². The highest BCUT2D eigenvalue weighted by molar-refractivity contribution is 5.88. The molecule has 3 heteroatoms. The Morgan fingerprint density at radius 1 is 1.54 bits per heavy atom. The van der Waals surface area contributed by atoms with Crippen LogP contribution in [0.4, 0.5) is 4.39 Å². The molecule has 0 aliphatic rings. The number of para-hydroxylation sites is 1. The van der Waals surface area contributed by atoms with Crippen molar-refractivity contribution in [2.24, 2.45) is 0 Å². The molecule has 1 aromatic carbocycles. The molecule has 0 fully saturated rings. The van der Waals surface area contributed by atoms with Crippen LogP contribution < -0.4 is 0 Å². The first-order valence-electron chi connectivity index (χ1n) is 3.90. The molecule has 2 aromatic rings. The number of hydrogen-bond donors (Lipinski definition) is 0. The molecule has 0 N–H and O–H groups in total. The summed E-state index contributed by atoms with van der Waals surface area (Å²) in [7, 11) is 0. The van der Waals surface area contributed by atoms with E-state index >= 15 is 0 Å². The number of allylic oxidation sites excluding steroid dienone is 1. The van der Waals surface area contributed by atoms with Gasteiger partial charge in [0, 0.05) is 0 Å². The van der Waals surface area contributed by atoms with Gasteiger partial charge in [-0.25, -0.2) is 4.39 Å². The van der Waals surface area contributed by atoms with Gasteiger partial charge < -0.3 is 4.52 Å². The van der Waals surface area contributed by atoms with Gasteiger partial charge in [-0.3, -0.25) is 0 Å². The second-order valence-corrected chi connectivity index (χ2v) is 2.93. The third-order valence-corrected chi connectivity index (χ3v) is 1.85. The Morgan fingerprint density at radius 2 is 2.31 bits per heavy atom. The minimum absolute atomic E-state index is 0.195. The fourth-order valence-corrected chi connectivity index (χ4v) is 1.24. The largest absolute Gasteiger partial charge is 0.353 e. The van der Waals surface area contributed by atoms with Crippen molar-refractivity contribution in [1.29, 1.82) is 0 Å². The number of halogens is 1. The highest BCUT2D eigenvalue weighted by atomic mass is 19.1. The van der Waals surface area contributed by atoms with Crippen molar-refractivity contribution >= 4 is 16.5 Å². The molecule has 0 bridgehead atoms. The van der Waals surface area contributed by atoms with E-state index in [1.54, 1.807) is 12.1 Å². The molecule has 0 saturated heterocycles. The number of nitrogens with zero attached hydrogens (tertiary/aromatic N) is 1. The summed E-state index contributed by atoms with van der Waals surface area (Å²) < 4.78 is 18.0. The topological polar surface area (TPSA) is 26.0 Å². The second kappa shape index (κ2) is 2.69. The van der Waals surface area contributed by atoms with E-state index in [0.29, 0.717) is 11.1 Å². The van der Waals surface area contributed by atoms with Gasteiger partial charge in [0.05, 0.1) is 5.39 Å². The Morgan fingerprint density at radius 3 is 3.00 bits per heavy atom. The van der Waals surface area contributed by atoms with Crippen LogP contribution in [0.1, 0.15) is 12.6 Å². The summed E-state index contributed by atoms with van der Waals surface area (Å²) in [6, 6.07) is 4.73. The second-order valence-electron chi connectivity index (χ2n) is 2.93. The third kappa shape index (κ3) is 1.13. The molecule has 2 nitrogen and oxygen atoms in total. The molecule has 13 heavy (non-hydrogen) atoms. The van der Waals surface area contributed by atoms with Gasteiger partial charge in [-0.05, 0) is 24.6 Å². The van der Waals surface area contributed by atoms with E-state index in [1.807, 2.05) is 6.92 Å². The maximum absolute atomic E-state index is 13.1. The molecule has 0 aliphatic carbocycles. The van der Waals surface area contributed by atoms with Crippen molar-refractivity contribution < 1.29 is 8.91 Å². The van der Waals surface area contributed by atoms with Gasteiger partial charge >= 0.3 is 0 Å². The zero-order chi connectivity index (χ0) is 9.42. The van der Waals surface area contributed by atoms with Crippen LogP contribution >= 0.6 is 0 Å². The van der Waals surface area contributed by atoms with Crippen LogP contribution in [0.15, 0.2) is 29.3 Å². The molecule has 0 aliphatic heterocycles. The van der Waals surface area contributed by atoms with Crippen LogP contribution in [0.2, 0.25) is 0 Å². The first-order valence-corrected chi connectivity index (χ1v) is 3.90. The minimum atomic E-state index is -0.391. The molecular weight excluding hydrogens is 169 g/mol. The molecule has 1 aromatic heterocycles. The Balaban J connectivity index is 2.83. The standard InChI is InChI=1S/C10H8FNO/c1-6(2)9-7-4-3-5-8(11)10(7)13-12-9/h3-5H,1H2,2H3. The lowest BCUT2D eigenvalue weighted by atomic mass is 10.1. The van der Waals surface area contributed by atoms with Crippen LogP contribution in [0, 0.1) is 5.82 Å². The highest BCUT2D eigenvalue weighted by Gasteiger charge is 2.11. The maximum Gasteiger partial charge on any atom is 0.203 e. The van der Waals surface area contributed by atoms with Crippen LogP contribution in [-0.2, 0) is 0 Å². The molecule has 0 spiro atoms. The summed E-state index contributed by atoms with van der Waals surface area (Å²) in [6.45, 7) is 5.54. The molecule has 0 atom stereocenters. The van der Waals surface area contributed by atoms with Crippen molar-refractivity contribution in [3.63, 3.8) is 0 Å². The van der Waals surface area contributed by atoms with E-state index in [9.17, 15) is 4.39 Å². The average molecular weight is 177 g/mol. The SMILES string of the molecule is C=C(C)c1noc2c(F)cccc12.